The van der Waals surface area contributed by atoms with Gasteiger partial charge in [0, 0.05) is 0 Å². The van der Waals surface area contributed by atoms with Crippen molar-refractivity contribution in [3.63, 3.8) is 0 Å². The van der Waals surface area contributed by atoms with Crippen LogP contribution in [0.4, 0.5) is 4.39 Å². The van der Waals surface area contributed by atoms with Gasteiger partial charge < -0.3 is 4.74 Å². The average Bonchev–Trinajstić information content (AvgIpc) is 2.11. The van der Waals surface area contributed by atoms with E-state index in [0.717, 1.165) is 6.42 Å². The summed E-state index contributed by atoms with van der Waals surface area (Å²) in [5.41, 5.74) is -0.211. The van der Waals surface area contributed by atoms with E-state index in [9.17, 15) is 4.39 Å². The summed E-state index contributed by atoms with van der Waals surface area (Å²) in [6.45, 7) is 6.06. The number of hydrogen-bond donors (Lipinski definition) is 0. The topological polar surface area (TPSA) is 9.23 Å². The number of rotatable bonds is 3. The third kappa shape index (κ3) is 2.98. The molecule has 0 aliphatic rings. The van der Waals surface area contributed by atoms with Crippen LogP contribution < -0.4 is 4.74 Å². The van der Waals surface area contributed by atoms with Gasteiger partial charge in [-0.25, -0.2) is 4.39 Å². The maximum Gasteiger partial charge on any atom is 0.137 e. The number of halogens is 2. The average molecular weight is 261 g/mol. The summed E-state index contributed by atoms with van der Waals surface area (Å²) in [6, 6.07) is 4.68. The Kier molecular flexibility index (Phi) is 3.53. The molecule has 0 fully saturated rings. The van der Waals surface area contributed by atoms with Gasteiger partial charge in [0.05, 0.1) is 4.47 Å². The van der Waals surface area contributed by atoms with Crippen molar-refractivity contribution in [2.75, 3.05) is 0 Å². The quantitative estimate of drug-likeness (QED) is 0.793. The van der Waals surface area contributed by atoms with Gasteiger partial charge in [-0.3, -0.25) is 0 Å². The van der Waals surface area contributed by atoms with Gasteiger partial charge in [-0.1, -0.05) is 6.92 Å². The molecule has 0 radical (unpaired) electrons. The molecule has 1 aromatic rings. The van der Waals surface area contributed by atoms with E-state index >= 15 is 0 Å². The molecule has 14 heavy (non-hydrogen) atoms. The third-order valence-corrected chi connectivity index (χ3v) is 2.74. The Morgan fingerprint density at radius 1 is 1.43 bits per heavy atom. The van der Waals surface area contributed by atoms with Crippen LogP contribution in [0.3, 0.4) is 0 Å². The molecular formula is C11H14BrFO. The standard InChI is InChI=1S/C11H14BrFO/c1-4-11(2,3)14-8-5-6-10(13)9(12)7-8/h5-7H,4H2,1-3H3. The normalized spacial score (nSPS) is 11.5. The van der Waals surface area contributed by atoms with Crippen molar-refractivity contribution in [1.29, 1.82) is 0 Å². The molecule has 1 rings (SSSR count). The van der Waals surface area contributed by atoms with Gasteiger partial charge in [0.1, 0.15) is 17.2 Å². The third-order valence-electron chi connectivity index (χ3n) is 2.14. The minimum atomic E-state index is -0.272. The molecule has 0 unspecified atom stereocenters. The smallest absolute Gasteiger partial charge is 0.137 e. The second kappa shape index (κ2) is 4.30. The summed E-state index contributed by atoms with van der Waals surface area (Å²) in [5.74, 6) is 0.414. The van der Waals surface area contributed by atoms with E-state index in [1.165, 1.54) is 6.07 Å². The molecular weight excluding hydrogens is 247 g/mol. The Balaban J connectivity index is 2.83. The minimum Gasteiger partial charge on any atom is -0.488 e. The second-order valence-electron chi connectivity index (χ2n) is 3.79. The maximum absolute atomic E-state index is 12.9. The van der Waals surface area contributed by atoms with Crippen LogP contribution in [0.1, 0.15) is 27.2 Å². The highest BCUT2D eigenvalue weighted by Gasteiger charge is 2.17. The van der Waals surface area contributed by atoms with Crippen LogP contribution in [0.5, 0.6) is 5.75 Å². The highest BCUT2D eigenvalue weighted by Crippen LogP contribution is 2.25. The minimum absolute atomic E-state index is 0.211. The molecule has 0 N–H and O–H groups in total. The molecule has 78 valence electrons. The Morgan fingerprint density at radius 2 is 2.07 bits per heavy atom. The molecule has 0 aliphatic carbocycles. The molecule has 1 nitrogen and oxygen atoms in total. The fraction of sp³-hybridized carbons (Fsp3) is 0.455. The van der Waals surface area contributed by atoms with Crippen LogP contribution >= 0.6 is 15.9 Å². The predicted molar refractivity (Wildman–Crippen MR) is 59.1 cm³/mol. The first kappa shape index (κ1) is 11.5. The molecule has 0 aromatic heterocycles. The lowest BCUT2D eigenvalue weighted by Crippen LogP contribution is -2.26. The van der Waals surface area contributed by atoms with Crippen LogP contribution in [0.25, 0.3) is 0 Å². The number of benzene rings is 1. The lowest BCUT2D eigenvalue weighted by atomic mass is 10.1. The predicted octanol–water partition coefficient (Wildman–Crippen LogP) is 4.16. The Bertz CT molecular complexity index is 323. The van der Waals surface area contributed by atoms with E-state index in [0.29, 0.717) is 10.2 Å². The van der Waals surface area contributed by atoms with Crippen molar-refractivity contribution in [2.24, 2.45) is 0 Å². The van der Waals surface area contributed by atoms with Gasteiger partial charge >= 0.3 is 0 Å². The van der Waals surface area contributed by atoms with Crippen molar-refractivity contribution in [3.8, 4) is 5.75 Å². The maximum atomic E-state index is 12.9. The molecule has 1 aromatic carbocycles. The van der Waals surface area contributed by atoms with Crippen LogP contribution in [0.2, 0.25) is 0 Å². The van der Waals surface area contributed by atoms with E-state index < -0.39 is 0 Å². The highest BCUT2D eigenvalue weighted by molar-refractivity contribution is 9.10. The molecule has 0 spiro atoms. The van der Waals surface area contributed by atoms with E-state index in [1.54, 1.807) is 12.1 Å². The van der Waals surface area contributed by atoms with E-state index in [1.807, 2.05) is 13.8 Å². The molecule has 0 amide bonds. The Hall–Kier alpha value is -0.570. The summed E-state index contributed by atoms with van der Waals surface area (Å²) in [7, 11) is 0. The van der Waals surface area contributed by atoms with E-state index in [-0.39, 0.29) is 11.4 Å². The van der Waals surface area contributed by atoms with Crippen LogP contribution in [-0.2, 0) is 0 Å². The second-order valence-corrected chi connectivity index (χ2v) is 4.65. The first-order valence-corrected chi connectivity index (χ1v) is 5.38. The van der Waals surface area contributed by atoms with Crippen molar-refractivity contribution >= 4 is 15.9 Å². The molecule has 0 bridgehead atoms. The first-order chi connectivity index (χ1) is 6.44. The summed E-state index contributed by atoms with van der Waals surface area (Å²) < 4.78 is 19.0. The first-order valence-electron chi connectivity index (χ1n) is 4.58. The molecule has 0 heterocycles. The van der Waals surface area contributed by atoms with Gasteiger partial charge in [-0.15, -0.1) is 0 Å². The molecule has 0 aliphatic heterocycles. The van der Waals surface area contributed by atoms with Crippen molar-refractivity contribution in [1.82, 2.24) is 0 Å². The monoisotopic (exact) mass is 260 g/mol. The van der Waals surface area contributed by atoms with Crippen molar-refractivity contribution in [3.05, 3.63) is 28.5 Å². The van der Waals surface area contributed by atoms with Crippen molar-refractivity contribution in [2.45, 2.75) is 32.8 Å². The highest BCUT2D eigenvalue weighted by atomic mass is 79.9. The summed E-state index contributed by atoms with van der Waals surface area (Å²) in [4.78, 5) is 0. The lowest BCUT2D eigenvalue weighted by molar-refractivity contribution is 0.105. The van der Waals surface area contributed by atoms with Gasteiger partial charge in [0.25, 0.3) is 0 Å². The summed E-state index contributed by atoms with van der Waals surface area (Å²) >= 11 is 3.12. The van der Waals surface area contributed by atoms with Gasteiger partial charge in [0.2, 0.25) is 0 Å². The van der Waals surface area contributed by atoms with E-state index in [4.69, 9.17) is 4.74 Å². The fourth-order valence-electron chi connectivity index (χ4n) is 0.932. The SMILES string of the molecule is CCC(C)(C)Oc1ccc(F)c(Br)c1. The molecule has 0 atom stereocenters. The van der Waals surface area contributed by atoms with Gasteiger partial charge in [-0.05, 0) is 54.4 Å². The summed E-state index contributed by atoms with van der Waals surface area (Å²) in [5, 5.41) is 0. The van der Waals surface area contributed by atoms with Crippen LogP contribution in [0.15, 0.2) is 22.7 Å². The van der Waals surface area contributed by atoms with Crippen LogP contribution in [-0.4, -0.2) is 5.60 Å². The fourth-order valence-corrected chi connectivity index (χ4v) is 1.29. The molecule has 3 heteroatoms. The van der Waals surface area contributed by atoms with Crippen molar-refractivity contribution < 1.29 is 9.13 Å². The van der Waals surface area contributed by atoms with Gasteiger partial charge in [0.15, 0.2) is 0 Å². The van der Waals surface area contributed by atoms with Crippen LogP contribution in [0, 0.1) is 5.82 Å². The van der Waals surface area contributed by atoms with Gasteiger partial charge in [-0.2, -0.15) is 0 Å². The largest absolute Gasteiger partial charge is 0.488 e. The molecule has 0 saturated carbocycles. The zero-order valence-electron chi connectivity index (χ0n) is 8.60. The lowest BCUT2D eigenvalue weighted by Gasteiger charge is -2.24. The summed E-state index contributed by atoms with van der Waals surface area (Å²) in [6.07, 6.45) is 0.905. The number of ether oxygens (including phenoxy) is 1. The molecule has 0 saturated heterocycles. The Morgan fingerprint density at radius 3 is 2.57 bits per heavy atom. The Labute approximate surface area is 92.4 Å². The van der Waals surface area contributed by atoms with E-state index in [2.05, 4.69) is 22.9 Å². The number of hydrogen-bond acceptors (Lipinski definition) is 1. The zero-order chi connectivity index (χ0) is 10.8. The zero-order valence-corrected chi connectivity index (χ0v) is 10.2.